The van der Waals surface area contributed by atoms with Crippen LogP contribution in [0.25, 0.3) is 0 Å². The normalized spacial score (nSPS) is 24.4. The molecule has 1 saturated heterocycles. The number of likely N-dealkylation sites (N-methyl/N-ethyl adjacent to an activating group) is 1. The second-order valence-electron chi connectivity index (χ2n) is 5.64. The zero-order valence-corrected chi connectivity index (χ0v) is 12.2. The quantitative estimate of drug-likeness (QED) is 0.821. The fraction of sp³-hybridized carbons (Fsp3) is 0.923. The minimum Gasteiger partial charge on any atom is -0.341 e. The molecule has 2 rings (SSSR count). The van der Waals surface area contributed by atoms with Crippen molar-refractivity contribution in [3.63, 3.8) is 0 Å². The van der Waals surface area contributed by atoms with Crippen molar-refractivity contribution in [1.82, 2.24) is 9.80 Å². The standard InChI is InChI=1S/C13H25N3O.ClH/c1-15-7-4-8-16(10-9-15)12(17)13(11-14)5-2-3-6-13;/h2-11,14H2,1H3;1H. The Bertz CT molecular complexity index is 279. The molecule has 0 aromatic carbocycles. The van der Waals surface area contributed by atoms with Gasteiger partial charge in [-0.2, -0.15) is 0 Å². The van der Waals surface area contributed by atoms with Gasteiger partial charge in [0, 0.05) is 26.2 Å². The second kappa shape index (κ2) is 6.73. The predicted octanol–water partition coefficient (Wildman–Crippen LogP) is 1.09. The van der Waals surface area contributed by atoms with Gasteiger partial charge >= 0.3 is 0 Å². The molecule has 18 heavy (non-hydrogen) atoms. The van der Waals surface area contributed by atoms with Gasteiger partial charge in [-0.3, -0.25) is 4.79 Å². The van der Waals surface area contributed by atoms with Gasteiger partial charge in [-0.25, -0.2) is 0 Å². The van der Waals surface area contributed by atoms with E-state index in [1.165, 1.54) is 0 Å². The summed E-state index contributed by atoms with van der Waals surface area (Å²) in [4.78, 5) is 17.0. The maximum atomic E-state index is 12.6. The van der Waals surface area contributed by atoms with Crippen LogP contribution >= 0.6 is 12.4 Å². The molecule has 0 unspecified atom stereocenters. The molecule has 2 aliphatic rings. The molecule has 5 heteroatoms. The molecule has 0 radical (unpaired) electrons. The summed E-state index contributed by atoms with van der Waals surface area (Å²) >= 11 is 0. The summed E-state index contributed by atoms with van der Waals surface area (Å²) in [6.07, 6.45) is 5.40. The molecule has 2 N–H and O–H groups in total. The van der Waals surface area contributed by atoms with E-state index in [-0.39, 0.29) is 17.8 Å². The first-order chi connectivity index (χ1) is 8.18. The van der Waals surface area contributed by atoms with Crippen LogP contribution in [0.15, 0.2) is 0 Å². The highest BCUT2D eigenvalue weighted by Gasteiger charge is 2.42. The lowest BCUT2D eigenvalue weighted by Crippen LogP contribution is -2.47. The number of hydrogen-bond donors (Lipinski definition) is 1. The molecule has 1 saturated carbocycles. The van der Waals surface area contributed by atoms with Crippen LogP contribution in [0.5, 0.6) is 0 Å². The molecule has 106 valence electrons. The summed E-state index contributed by atoms with van der Waals surface area (Å²) in [6, 6.07) is 0. The molecule has 4 nitrogen and oxygen atoms in total. The van der Waals surface area contributed by atoms with Crippen molar-refractivity contribution in [1.29, 1.82) is 0 Å². The zero-order valence-electron chi connectivity index (χ0n) is 11.4. The lowest BCUT2D eigenvalue weighted by atomic mass is 9.84. The molecular weight excluding hydrogens is 250 g/mol. The maximum Gasteiger partial charge on any atom is 0.230 e. The van der Waals surface area contributed by atoms with Gasteiger partial charge in [0.2, 0.25) is 5.91 Å². The minimum absolute atomic E-state index is 0. The van der Waals surface area contributed by atoms with E-state index in [1.54, 1.807) is 0 Å². The Hall–Kier alpha value is -0.320. The first-order valence-corrected chi connectivity index (χ1v) is 6.86. The van der Waals surface area contributed by atoms with Crippen molar-refractivity contribution in [3.05, 3.63) is 0 Å². The van der Waals surface area contributed by atoms with Gasteiger partial charge in [0.05, 0.1) is 5.41 Å². The number of hydrogen-bond acceptors (Lipinski definition) is 3. The molecule has 0 bridgehead atoms. The zero-order chi connectivity index (χ0) is 12.3. The van der Waals surface area contributed by atoms with Crippen LogP contribution in [0.2, 0.25) is 0 Å². The van der Waals surface area contributed by atoms with Crippen LogP contribution in [0, 0.1) is 5.41 Å². The third-order valence-electron chi connectivity index (χ3n) is 4.41. The number of carbonyl (C=O) groups is 1. The van der Waals surface area contributed by atoms with Gasteiger partial charge < -0.3 is 15.5 Å². The van der Waals surface area contributed by atoms with Crippen LogP contribution < -0.4 is 5.73 Å². The van der Waals surface area contributed by atoms with Crippen molar-refractivity contribution in [2.45, 2.75) is 32.1 Å². The van der Waals surface area contributed by atoms with Gasteiger partial charge in [-0.1, -0.05) is 12.8 Å². The molecule has 0 aromatic rings. The average molecular weight is 276 g/mol. The van der Waals surface area contributed by atoms with Crippen LogP contribution in [-0.2, 0) is 4.79 Å². The van der Waals surface area contributed by atoms with Gasteiger partial charge in [0.1, 0.15) is 0 Å². The van der Waals surface area contributed by atoms with Gasteiger partial charge in [-0.15, -0.1) is 12.4 Å². The van der Waals surface area contributed by atoms with E-state index in [0.29, 0.717) is 12.5 Å². The van der Waals surface area contributed by atoms with E-state index < -0.39 is 0 Å². The summed E-state index contributed by atoms with van der Waals surface area (Å²) < 4.78 is 0. The van der Waals surface area contributed by atoms with E-state index in [0.717, 1.165) is 58.3 Å². The first kappa shape index (κ1) is 15.7. The van der Waals surface area contributed by atoms with Gasteiger partial charge in [0.25, 0.3) is 0 Å². The highest BCUT2D eigenvalue weighted by molar-refractivity contribution is 5.85. The fourth-order valence-electron chi connectivity index (χ4n) is 3.14. The Morgan fingerprint density at radius 1 is 1.11 bits per heavy atom. The first-order valence-electron chi connectivity index (χ1n) is 6.86. The number of amides is 1. The van der Waals surface area contributed by atoms with Crippen molar-refractivity contribution < 1.29 is 4.79 Å². The van der Waals surface area contributed by atoms with Crippen molar-refractivity contribution >= 4 is 18.3 Å². The molecule has 2 fully saturated rings. The van der Waals surface area contributed by atoms with E-state index in [4.69, 9.17) is 5.73 Å². The Balaban J connectivity index is 0.00000162. The number of rotatable bonds is 2. The molecule has 0 spiro atoms. The van der Waals surface area contributed by atoms with E-state index in [9.17, 15) is 4.79 Å². The third-order valence-corrected chi connectivity index (χ3v) is 4.41. The lowest BCUT2D eigenvalue weighted by molar-refractivity contribution is -0.141. The number of halogens is 1. The van der Waals surface area contributed by atoms with Gasteiger partial charge in [0.15, 0.2) is 0 Å². The largest absolute Gasteiger partial charge is 0.341 e. The highest BCUT2D eigenvalue weighted by Crippen LogP contribution is 2.38. The van der Waals surface area contributed by atoms with Crippen molar-refractivity contribution in [2.24, 2.45) is 11.1 Å². The Morgan fingerprint density at radius 2 is 1.78 bits per heavy atom. The van der Waals surface area contributed by atoms with E-state index in [2.05, 4.69) is 16.8 Å². The van der Waals surface area contributed by atoms with Crippen LogP contribution in [0.4, 0.5) is 0 Å². The lowest BCUT2D eigenvalue weighted by Gasteiger charge is -2.32. The van der Waals surface area contributed by atoms with Crippen LogP contribution in [0.3, 0.4) is 0 Å². The van der Waals surface area contributed by atoms with Crippen molar-refractivity contribution in [3.8, 4) is 0 Å². The summed E-state index contributed by atoms with van der Waals surface area (Å²) in [5, 5.41) is 0. The Kier molecular flexibility index (Phi) is 5.89. The maximum absolute atomic E-state index is 12.6. The summed E-state index contributed by atoms with van der Waals surface area (Å²) in [6.45, 7) is 4.39. The van der Waals surface area contributed by atoms with Crippen LogP contribution in [-0.4, -0.2) is 55.5 Å². The number of carbonyl (C=O) groups excluding carboxylic acids is 1. The minimum atomic E-state index is -0.219. The van der Waals surface area contributed by atoms with Gasteiger partial charge in [-0.05, 0) is 32.9 Å². The topological polar surface area (TPSA) is 49.6 Å². The van der Waals surface area contributed by atoms with Crippen molar-refractivity contribution in [2.75, 3.05) is 39.8 Å². The molecular formula is C13H26ClN3O. The summed E-state index contributed by atoms with van der Waals surface area (Å²) in [7, 11) is 2.13. The molecule has 1 aliphatic carbocycles. The Labute approximate surface area is 116 Å². The van der Waals surface area contributed by atoms with E-state index >= 15 is 0 Å². The molecule has 1 heterocycles. The predicted molar refractivity (Wildman–Crippen MR) is 75.9 cm³/mol. The Morgan fingerprint density at radius 3 is 2.39 bits per heavy atom. The molecule has 1 aliphatic heterocycles. The third kappa shape index (κ3) is 3.16. The molecule has 0 atom stereocenters. The number of nitrogens with zero attached hydrogens (tertiary/aromatic N) is 2. The molecule has 0 aromatic heterocycles. The number of nitrogens with two attached hydrogens (primary N) is 1. The van der Waals surface area contributed by atoms with E-state index in [1.807, 2.05) is 0 Å². The fourth-order valence-corrected chi connectivity index (χ4v) is 3.14. The SMILES string of the molecule is CN1CCCN(C(=O)C2(CN)CCCC2)CC1.Cl. The summed E-state index contributed by atoms with van der Waals surface area (Å²) in [5.74, 6) is 0.327. The average Bonchev–Trinajstić information content (AvgIpc) is 2.73. The second-order valence-corrected chi connectivity index (χ2v) is 5.64. The highest BCUT2D eigenvalue weighted by atomic mass is 35.5. The van der Waals surface area contributed by atoms with Crippen LogP contribution in [0.1, 0.15) is 32.1 Å². The monoisotopic (exact) mass is 275 g/mol. The summed E-state index contributed by atoms with van der Waals surface area (Å²) in [5.41, 5.74) is 5.67. The molecule has 1 amide bonds. The smallest absolute Gasteiger partial charge is 0.230 e.